The highest BCUT2D eigenvalue weighted by Gasteiger charge is 2.22. The summed E-state index contributed by atoms with van der Waals surface area (Å²) < 4.78 is 10.9. The zero-order chi connectivity index (χ0) is 19.8. The van der Waals surface area contributed by atoms with Crippen molar-refractivity contribution < 1.29 is 14.3 Å². The second kappa shape index (κ2) is 9.99. The lowest BCUT2D eigenvalue weighted by atomic mass is 10.1. The van der Waals surface area contributed by atoms with Crippen molar-refractivity contribution in [3.8, 4) is 11.5 Å². The molecule has 2 amide bonds. The highest BCUT2D eigenvalue weighted by atomic mass is 16.5. The van der Waals surface area contributed by atoms with Crippen LogP contribution in [0.1, 0.15) is 18.5 Å². The third kappa shape index (κ3) is 5.63. The monoisotopic (exact) mass is 383 g/mol. The highest BCUT2D eigenvalue weighted by molar-refractivity contribution is 5.74. The van der Waals surface area contributed by atoms with Crippen molar-refractivity contribution in [3.05, 3.63) is 60.2 Å². The van der Waals surface area contributed by atoms with Gasteiger partial charge in [-0.05, 0) is 36.8 Å². The normalized spacial score (nSPS) is 15.7. The summed E-state index contributed by atoms with van der Waals surface area (Å²) in [7, 11) is 1.65. The molecular weight excluding hydrogens is 354 g/mol. The van der Waals surface area contributed by atoms with E-state index in [0.29, 0.717) is 6.61 Å². The van der Waals surface area contributed by atoms with Crippen LogP contribution in [0.25, 0.3) is 0 Å². The van der Waals surface area contributed by atoms with Gasteiger partial charge in [-0.3, -0.25) is 4.90 Å². The van der Waals surface area contributed by atoms with Gasteiger partial charge in [0.2, 0.25) is 0 Å². The fraction of sp³-hybridized carbons (Fsp3) is 0.409. The Labute approximate surface area is 167 Å². The molecule has 2 aromatic rings. The lowest BCUT2D eigenvalue weighted by molar-refractivity contribution is 0.125. The summed E-state index contributed by atoms with van der Waals surface area (Å²) in [6.45, 7) is 6.68. The van der Waals surface area contributed by atoms with E-state index in [4.69, 9.17) is 9.47 Å². The number of nitrogens with zero attached hydrogens (tertiary/aromatic N) is 2. The summed E-state index contributed by atoms with van der Waals surface area (Å²) in [5.41, 5.74) is 1.12. The van der Waals surface area contributed by atoms with Crippen LogP contribution < -0.4 is 14.8 Å². The Morgan fingerprint density at radius 3 is 2.29 bits per heavy atom. The van der Waals surface area contributed by atoms with E-state index < -0.39 is 0 Å². The van der Waals surface area contributed by atoms with Gasteiger partial charge < -0.3 is 19.7 Å². The van der Waals surface area contributed by atoms with E-state index in [1.165, 1.54) is 0 Å². The quantitative estimate of drug-likeness (QED) is 0.798. The summed E-state index contributed by atoms with van der Waals surface area (Å²) >= 11 is 0. The zero-order valence-electron chi connectivity index (χ0n) is 16.6. The molecule has 0 bridgehead atoms. The smallest absolute Gasteiger partial charge is 0.317 e. The Morgan fingerprint density at radius 2 is 1.64 bits per heavy atom. The van der Waals surface area contributed by atoms with Gasteiger partial charge >= 0.3 is 6.03 Å². The van der Waals surface area contributed by atoms with Gasteiger partial charge in [0.25, 0.3) is 0 Å². The summed E-state index contributed by atoms with van der Waals surface area (Å²) in [4.78, 5) is 16.7. The first kappa shape index (κ1) is 20.0. The first-order chi connectivity index (χ1) is 13.7. The second-order valence-electron chi connectivity index (χ2n) is 6.93. The maximum atomic E-state index is 12.5. The number of carbonyl (C=O) groups excluding carboxylic acids is 1. The molecule has 1 aliphatic rings. The summed E-state index contributed by atoms with van der Waals surface area (Å²) in [5.74, 6) is 1.66. The minimum Gasteiger partial charge on any atom is -0.497 e. The minimum atomic E-state index is 0.00428. The molecule has 3 rings (SSSR count). The molecule has 28 heavy (non-hydrogen) atoms. The molecule has 0 spiro atoms. The standard InChI is InChI=1S/C22H29N3O3/c1-18(19-6-4-3-5-7-19)23-22(26)25-14-12-24(13-15-25)16-17-28-21-10-8-20(27-2)9-11-21/h3-11,18H,12-17H2,1-2H3,(H,23,26). The first-order valence-corrected chi connectivity index (χ1v) is 9.75. The van der Waals surface area contributed by atoms with Crippen molar-refractivity contribution in [1.29, 1.82) is 0 Å². The molecule has 2 aromatic carbocycles. The predicted octanol–water partition coefficient (Wildman–Crippen LogP) is 3.16. The van der Waals surface area contributed by atoms with Crippen molar-refractivity contribution in [2.45, 2.75) is 13.0 Å². The fourth-order valence-electron chi connectivity index (χ4n) is 3.24. The average molecular weight is 383 g/mol. The number of nitrogens with one attached hydrogen (secondary N) is 1. The highest BCUT2D eigenvalue weighted by Crippen LogP contribution is 2.17. The van der Waals surface area contributed by atoms with Crippen LogP contribution in [0.4, 0.5) is 4.79 Å². The van der Waals surface area contributed by atoms with E-state index >= 15 is 0 Å². The van der Waals surface area contributed by atoms with E-state index in [1.807, 2.05) is 66.4 Å². The van der Waals surface area contributed by atoms with Crippen LogP contribution >= 0.6 is 0 Å². The van der Waals surface area contributed by atoms with Gasteiger partial charge in [-0.15, -0.1) is 0 Å². The number of piperazine rings is 1. The summed E-state index contributed by atoms with van der Waals surface area (Å²) in [5, 5.41) is 3.09. The number of rotatable bonds is 7. The van der Waals surface area contributed by atoms with Crippen molar-refractivity contribution in [3.63, 3.8) is 0 Å². The Balaban J connectivity index is 1.36. The van der Waals surface area contributed by atoms with E-state index in [-0.39, 0.29) is 12.1 Å². The predicted molar refractivity (Wildman–Crippen MR) is 110 cm³/mol. The maximum absolute atomic E-state index is 12.5. The fourth-order valence-corrected chi connectivity index (χ4v) is 3.24. The van der Waals surface area contributed by atoms with Crippen molar-refractivity contribution in [2.75, 3.05) is 46.4 Å². The number of hydrogen-bond acceptors (Lipinski definition) is 4. The molecule has 1 fully saturated rings. The van der Waals surface area contributed by atoms with Crippen LogP contribution in [-0.2, 0) is 0 Å². The SMILES string of the molecule is COc1ccc(OCCN2CCN(C(=O)NC(C)c3ccccc3)CC2)cc1. The topological polar surface area (TPSA) is 54.0 Å². The molecule has 1 unspecified atom stereocenters. The molecule has 1 aliphatic heterocycles. The van der Waals surface area contributed by atoms with Gasteiger partial charge in [0.15, 0.2) is 0 Å². The van der Waals surface area contributed by atoms with Crippen LogP contribution in [0.15, 0.2) is 54.6 Å². The first-order valence-electron chi connectivity index (χ1n) is 9.75. The number of urea groups is 1. The van der Waals surface area contributed by atoms with E-state index in [2.05, 4.69) is 10.2 Å². The Morgan fingerprint density at radius 1 is 1.00 bits per heavy atom. The molecule has 0 aromatic heterocycles. The third-order valence-electron chi connectivity index (χ3n) is 5.03. The molecule has 0 aliphatic carbocycles. The lowest BCUT2D eigenvalue weighted by Crippen LogP contribution is -2.52. The van der Waals surface area contributed by atoms with E-state index in [9.17, 15) is 4.79 Å². The van der Waals surface area contributed by atoms with E-state index in [0.717, 1.165) is 49.8 Å². The summed E-state index contributed by atoms with van der Waals surface area (Å²) in [6, 6.07) is 17.6. The second-order valence-corrected chi connectivity index (χ2v) is 6.93. The van der Waals surface area contributed by atoms with Crippen molar-refractivity contribution in [1.82, 2.24) is 15.1 Å². The van der Waals surface area contributed by atoms with Crippen molar-refractivity contribution >= 4 is 6.03 Å². The maximum Gasteiger partial charge on any atom is 0.317 e. The zero-order valence-corrected chi connectivity index (χ0v) is 16.6. The molecule has 150 valence electrons. The molecule has 1 N–H and O–H groups in total. The lowest BCUT2D eigenvalue weighted by Gasteiger charge is -2.35. The Kier molecular flexibility index (Phi) is 7.14. The van der Waals surface area contributed by atoms with Gasteiger partial charge in [-0.25, -0.2) is 4.79 Å². The van der Waals surface area contributed by atoms with Gasteiger partial charge in [0, 0.05) is 32.7 Å². The number of hydrogen-bond donors (Lipinski definition) is 1. The Hall–Kier alpha value is -2.73. The van der Waals surface area contributed by atoms with Crippen LogP contribution in [-0.4, -0.2) is 62.3 Å². The molecule has 0 saturated carbocycles. The van der Waals surface area contributed by atoms with Crippen molar-refractivity contribution in [2.24, 2.45) is 0 Å². The number of amides is 2. The Bertz CT molecular complexity index is 728. The molecule has 6 nitrogen and oxygen atoms in total. The minimum absolute atomic E-state index is 0.00428. The number of benzene rings is 2. The van der Waals surface area contributed by atoms with Crippen LogP contribution in [0.2, 0.25) is 0 Å². The number of carbonyl (C=O) groups is 1. The molecule has 1 saturated heterocycles. The third-order valence-corrected chi connectivity index (χ3v) is 5.03. The molecular formula is C22H29N3O3. The van der Waals surface area contributed by atoms with Crippen LogP contribution in [0, 0.1) is 0 Å². The van der Waals surface area contributed by atoms with Crippen LogP contribution in [0.5, 0.6) is 11.5 Å². The van der Waals surface area contributed by atoms with Gasteiger partial charge in [0.05, 0.1) is 13.2 Å². The van der Waals surface area contributed by atoms with Crippen LogP contribution in [0.3, 0.4) is 0 Å². The molecule has 1 heterocycles. The average Bonchev–Trinajstić information content (AvgIpc) is 2.75. The largest absolute Gasteiger partial charge is 0.497 e. The van der Waals surface area contributed by atoms with Gasteiger partial charge in [-0.2, -0.15) is 0 Å². The number of ether oxygens (including phenoxy) is 2. The van der Waals surface area contributed by atoms with E-state index in [1.54, 1.807) is 7.11 Å². The van der Waals surface area contributed by atoms with Gasteiger partial charge in [0.1, 0.15) is 18.1 Å². The molecule has 6 heteroatoms. The molecule has 1 atom stereocenters. The molecule has 0 radical (unpaired) electrons. The number of methoxy groups -OCH3 is 1. The van der Waals surface area contributed by atoms with Gasteiger partial charge in [-0.1, -0.05) is 30.3 Å². The summed E-state index contributed by atoms with van der Waals surface area (Å²) in [6.07, 6.45) is 0.